The Labute approximate surface area is 182 Å². The summed E-state index contributed by atoms with van der Waals surface area (Å²) in [7, 11) is 1.75. The van der Waals surface area contributed by atoms with Crippen molar-refractivity contribution >= 4 is 41.5 Å². The first-order chi connectivity index (χ1) is 13.2. The molecule has 0 saturated carbocycles. The molecule has 4 N–H and O–H groups in total. The van der Waals surface area contributed by atoms with Crippen LogP contribution >= 0.6 is 24.0 Å². The van der Waals surface area contributed by atoms with Gasteiger partial charge in [0, 0.05) is 38.2 Å². The third-order valence-corrected chi connectivity index (χ3v) is 4.72. The minimum absolute atomic E-state index is 0. The second-order valence-electron chi connectivity index (χ2n) is 6.69. The van der Waals surface area contributed by atoms with E-state index in [0.29, 0.717) is 18.7 Å². The Morgan fingerprint density at radius 1 is 1.18 bits per heavy atom. The number of phenolic OH excluding ortho intramolecular Hbond substituents is 1. The number of rotatable bonds is 6. The van der Waals surface area contributed by atoms with Crippen LogP contribution in [0.25, 0.3) is 0 Å². The van der Waals surface area contributed by atoms with Crippen LogP contribution in [0.2, 0.25) is 0 Å². The van der Waals surface area contributed by atoms with Crippen LogP contribution in [0.15, 0.2) is 53.5 Å². The molecule has 0 spiro atoms. The molecule has 7 heteroatoms. The number of nitrogens with zero attached hydrogens (tertiary/aromatic N) is 1. The van der Waals surface area contributed by atoms with Gasteiger partial charge in [0.25, 0.3) is 0 Å². The zero-order chi connectivity index (χ0) is 19.1. The second-order valence-corrected chi connectivity index (χ2v) is 6.69. The number of carbonyl (C=O) groups is 1. The highest BCUT2D eigenvalue weighted by atomic mass is 127. The van der Waals surface area contributed by atoms with Gasteiger partial charge in [-0.2, -0.15) is 0 Å². The molecule has 0 fully saturated rings. The predicted octanol–water partition coefficient (Wildman–Crippen LogP) is 3.23. The normalized spacial score (nSPS) is 15.8. The van der Waals surface area contributed by atoms with Crippen LogP contribution in [0.5, 0.6) is 5.75 Å². The van der Waals surface area contributed by atoms with E-state index < -0.39 is 0 Å². The van der Waals surface area contributed by atoms with Crippen molar-refractivity contribution in [2.45, 2.75) is 25.2 Å². The number of guanidine groups is 1. The standard InChI is InChI=1S/C21H26N4O2.HI/c1-22-21(23-12-4-5-15-8-10-17(26)11-9-15)24-14-16-13-20(27)25-19-7-3-2-6-18(16)19;/h2-3,6-11,16,26H,4-5,12-14H2,1H3,(H,25,27)(H2,22,23,24);1H. The van der Waals surface area contributed by atoms with Crippen molar-refractivity contribution in [3.05, 3.63) is 59.7 Å². The maximum absolute atomic E-state index is 11.9. The number of phenols is 1. The number of nitrogens with one attached hydrogen (secondary N) is 3. The quantitative estimate of drug-likeness (QED) is 0.215. The summed E-state index contributed by atoms with van der Waals surface area (Å²) in [4.78, 5) is 16.2. The van der Waals surface area contributed by atoms with Gasteiger partial charge >= 0.3 is 0 Å². The Morgan fingerprint density at radius 2 is 1.93 bits per heavy atom. The van der Waals surface area contributed by atoms with E-state index in [1.807, 2.05) is 30.3 Å². The largest absolute Gasteiger partial charge is 0.508 e. The molecule has 0 saturated heterocycles. The van der Waals surface area contributed by atoms with Gasteiger partial charge in [0.2, 0.25) is 5.91 Å². The lowest BCUT2D eigenvalue weighted by molar-refractivity contribution is -0.116. The van der Waals surface area contributed by atoms with Gasteiger partial charge in [0.05, 0.1) is 0 Å². The summed E-state index contributed by atoms with van der Waals surface area (Å²) in [5, 5.41) is 18.9. The lowest BCUT2D eigenvalue weighted by Gasteiger charge is -2.26. The molecule has 1 aliphatic heterocycles. The molecule has 1 heterocycles. The monoisotopic (exact) mass is 494 g/mol. The summed E-state index contributed by atoms with van der Waals surface area (Å²) in [6.07, 6.45) is 2.36. The molecule has 6 nitrogen and oxygen atoms in total. The first kappa shape index (κ1) is 22.0. The maximum Gasteiger partial charge on any atom is 0.225 e. The first-order valence-corrected chi connectivity index (χ1v) is 9.27. The number of amides is 1. The molecular weight excluding hydrogens is 467 g/mol. The topological polar surface area (TPSA) is 85.8 Å². The zero-order valence-electron chi connectivity index (χ0n) is 15.9. The summed E-state index contributed by atoms with van der Waals surface area (Å²) < 4.78 is 0. The molecule has 150 valence electrons. The van der Waals surface area contributed by atoms with Crippen molar-refractivity contribution in [3.63, 3.8) is 0 Å². The Hall–Kier alpha value is -2.29. The number of hydrogen-bond donors (Lipinski definition) is 4. The first-order valence-electron chi connectivity index (χ1n) is 9.27. The van der Waals surface area contributed by atoms with Gasteiger partial charge in [0.15, 0.2) is 5.96 Å². The van der Waals surface area contributed by atoms with Crippen LogP contribution in [0.4, 0.5) is 5.69 Å². The zero-order valence-corrected chi connectivity index (χ0v) is 18.3. The van der Waals surface area contributed by atoms with Gasteiger partial charge in [0.1, 0.15) is 5.75 Å². The Bertz CT molecular complexity index is 808. The van der Waals surface area contributed by atoms with Gasteiger partial charge in [-0.05, 0) is 42.2 Å². The SMILES string of the molecule is CN=C(NCCCc1ccc(O)cc1)NCC1CC(=O)Nc2ccccc21.I. The van der Waals surface area contributed by atoms with Crippen molar-refractivity contribution in [1.29, 1.82) is 0 Å². The van der Waals surface area contributed by atoms with E-state index in [9.17, 15) is 9.90 Å². The van der Waals surface area contributed by atoms with Gasteiger partial charge in [-0.15, -0.1) is 24.0 Å². The molecule has 1 aliphatic rings. The fraction of sp³-hybridized carbons (Fsp3) is 0.333. The van der Waals surface area contributed by atoms with E-state index in [0.717, 1.165) is 36.6 Å². The maximum atomic E-state index is 11.9. The third-order valence-electron chi connectivity index (χ3n) is 4.72. The Kier molecular flexibility index (Phi) is 8.56. The average Bonchev–Trinajstić information content (AvgIpc) is 2.68. The number of anilines is 1. The fourth-order valence-corrected chi connectivity index (χ4v) is 3.29. The van der Waals surface area contributed by atoms with Crippen molar-refractivity contribution < 1.29 is 9.90 Å². The molecule has 2 aromatic carbocycles. The molecule has 0 radical (unpaired) electrons. The Balaban J connectivity index is 0.00000280. The Morgan fingerprint density at radius 3 is 2.68 bits per heavy atom. The van der Waals surface area contributed by atoms with E-state index >= 15 is 0 Å². The molecule has 0 aromatic heterocycles. The molecule has 0 bridgehead atoms. The fourth-order valence-electron chi connectivity index (χ4n) is 3.29. The number of aryl methyl sites for hydroxylation is 1. The summed E-state index contributed by atoms with van der Waals surface area (Å²) in [5.41, 5.74) is 3.26. The summed E-state index contributed by atoms with van der Waals surface area (Å²) in [6, 6.07) is 15.2. The lowest BCUT2D eigenvalue weighted by Crippen LogP contribution is -2.41. The van der Waals surface area contributed by atoms with Crippen molar-refractivity contribution in [3.8, 4) is 5.75 Å². The number of carbonyl (C=O) groups excluding carboxylic acids is 1. The van der Waals surface area contributed by atoms with Gasteiger partial charge in [-0.25, -0.2) is 0 Å². The van der Waals surface area contributed by atoms with Gasteiger partial charge < -0.3 is 21.1 Å². The smallest absolute Gasteiger partial charge is 0.225 e. The highest BCUT2D eigenvalue weighted by Crippen LogP contribution is 2.31. The van der Waals surface area contributed by atoms with E-state index in [1.165, 1.54) is 5.56 Å². The molecular formula is C21H27IN4O2. The molecule has 1 atom stereocenters. The van der Waals surface area contributed by atoms with Crippen LogP contribution in [-0.2, 0) is 11.2 Å². The molecule has 0 aliphatic carbocycles. The third kappa shape index (κ3) is 6.12. The number of aliphatic imine (C=N–C) groups is 1. The molecule has 1 unspecified atom stereocenters. The summed E-state index contributed by atoms with van der Waals surface area (Å²) in [6.45, 7) is 1.45. The second kappa shape index (κ2) is 10.9. The van der Waals surface area contributed by atoms with Crippen LogP contribution in [0.3, 0.4) is 0 Å². The highest BCUT2D eigenvalue weighted by Gasteiger charge is 2.24. The minimum atomic E-state index is 0. The number of fused-ring (bicyclic) bond motifs is 1. The van der Waals surface area contributed by atoms with Gasteiger partial charge in [-0.1, -0.05) is 30.3 Å². The molecule has 2 aromatic rings. The van der Waals surface area contributed by atoms with Crippen molar-refractivity contribution in [1.82, 2.24) is 10.6 Å². The predicted molar refractivity (Wildman–Crippen MR) is 124 cm³/mol. The van der Waals surface area contributed by atoms with Gasteiger partial charge in [-0.3, -0.25) is 9.79 Å². The highest BCUT2D eigenvalue weighted by molar-refractivity contribution is 14.0. The number of halogens is 1. The number of benzene rings is 2. The number of hydrogen-bond acceptors (Lipinski definition) is 3. The van der Waals surface area contributed by atoms with Crippen LogP contribution in [0, 0.1) is 0 Å². The lowest BCUT2D eigenvalue weighted by atomic mass is 9.90. The number of aromatic hydroxyl groups is 1. The van der Waals surface area contributed by atoms with E-state index in [1.54, 1.807) is 19.2 Å². The minimum Gasteiger partial charge on any atom is -0.508 e. The summed E-state index contributed by atoms with van der Waals surface area (Å²) in [5.74, 6) is 1.21. The number of para-hydroxylation sites is 1. The van der Waals surface area contributed by atoms with E-state index in [2.05, 4.69) is 27.0 Å². The summed E-state index contributed by atoms with van der Waals surface area (Å²) >= 11 is 0. The van der Waals surface area contributed by atoms with Crippen LogP contribution < -0.4 is 16.0 Å². The van der Waals surface area contributed by atoms with Crippen molar-refractivity contribution in [2.24, 2.45) is 4.99 Å². The van der Waals surface area contributed by atoms with Crippen molar-refractivity contribution in [2.75, 3.05) is 25.5 Å². The average molecular weight is 494 g/mol. The molecule has 28 heavy (non-hydrogen) atoms. The van der Waals surface area contributed by atoms with Crippen LogP contribution in [0.1, 0.15) is 29.9 Å². The molecule has 1 amide bonds. The van der Waals surface area contributed by atoms with Crippen LogP contribution in [-0.4, -0.2) is 37.1 Å². The van der Waals surface area contributed by atoms with E-state index in [-0.39, 0.29) is 35.8 Å². The molecule has 3 rings (SSSR count). The van der Waals surface area contributed by atoms with E-state index in [4.69, 9.17) is 0 Å².